The molecule has 4 nitrogen and oxygen atoms in total. The highest BCUT2D eigenvalue weighted by atomic mass is 16.3. The molecule has 1 N–H and O–H groups in total. The molecule has 0 aliphatic rings. The van der Waals surface area contributed by atoms with Crippen LogP contribution < -0.4 is 0 Å². The standard InChI is InChI=1S/C16H13N3O/c1-11(20)14-7-6-12(9-17)8-16(14)19-15-5-3-2-4-13(15)10-18-19/h2-8,10-11,20H,1H3/t11-/m1/s1. The number of nitrogens with zero attached hydrogens (tertiary/aromatic N) is 3. The molecular formula is C16H13N3O. The first-order chi connectivity index (χ1) is 9.70. The first kappa shape index (κ1) is 12.4. The van der Waals surface area contributed by atoms with Crippen molar-refractivity contribution in [2.45, 2.75) is 13.0 Å². The Hall–Kier alpha value is -2.64. The number of para-hydroxylation sites is 1. The van der Waals surface area contributed by atoms with Crippen LogP contribution in [0.4, 0.5) is 0 Å². The number of rotatable bonds is 2. The van der Waals surface area contributed by atoms with Crippen molar-refractivity contribution < 1.29 is 5.11 Å². The van der Waals surface area contributed by atoms with Gasteiger partial charge in [-0.1, -0.05) is 24.3 Å². The Bertz CT molecular complexity index is 812. The second-order valence-electron chi connectivity index (χ2n) is 4.68. The van der Waals surface area contributed by atoms with Gasteiger partial charge in [0.25, 0.3) is 0 Å². The van der Waals surface area contributed by atoms with E-state index in [4.69, 9.17) is 5.26 Å². The Morgan fingerprint density at radius 1 is 1.25 bits per heavy atom. The van der Waals surface area contributed by atoms with Crippen LogP contribution in [0.1, 0.15) is 24.2 Å². The maximum atomic E-state index is 9.92. The molecule has 1 atom stereocenters. The largest absolute Gasteiger partial charge is 0.389 e. The molecule has 20 heavy (non-hydrogen) atoms. The van der Waals surface area contributed by atoms with E-state index in [0.29, 0.717) is 5.56 Å². The number of hydrogen-bond donors (Lipinski definition) is 1. The topological polar surface area (TPSA) is 61.8 Å². The Kier molecular flexibility index (Phi) is 2.97. The number of fused-ring (bicyclic) bond motifs is 1. The zero-order valence-corrected chi connectivity index (χ0v) is 11.0. The van der Waals surface area contributed by atoms with Gasteiger partial charge in [0, 0.05) is 10.9 Å². The summed E-state index contributed by atoms with van der Waals surface area (Å²) in [5.74, 6) is 0. The number of aliphatic hydroxyl groups is 1. The van der Waals surface area contributed by atoms with Crippen molar-refractivity contribution in [2.24, 2.45) is 0 Å². The molecular weight excluding hydrogens is 250 g/mol. The number of nitriles is 1. The number of aliphatic hydroxyl groups excluding tert-OH is 1. The molecule has 0 amide bonds. The van der Waals surface area contributed by atoms with Crippen LogP contribution in [-0.2, 0) is 0 Å². The molecule has 98 valence electrons. The number of aromatic nitrogens is 2. The van der Waals surface area contributed by atoms with Gasteiger partial charge in [0.1, 0.15) is 0 Å². The minimum Gasteiger partial charge on any atom is -0.389 e. The molecule has 1 heterocycles. The van der Waals surface area contributed by atoms with Crippen LogP contribution in [0, 0.1) is 11.3 Å². The van der Waals surface area contributed by atoms with E-state index in [1.165, 1.54) is 0 Å². The van der Waals surface area contributed by atoms with E-state index in [9.17, 15) is 5.11 Å². The normalized spacial score (nSPS) is 12.2. The Morgan fingerprint density at radius 3 is 2.80 bits per heavy atom. The average Bonchev–Trinajstić information content (AvgIpc) is 2.90. The zero-order chi connectivity index (χ0) is 14.1. The summed E-state index contributed by atoms with van der Waals surface area (Å²) in [6.45, 7) is 1.70. The highest BCUT2D eigenvalue weighted by Crippen LogP contribution is 2.26. The molecule has 3 rings (SSSR count). The van der Waals surface area contributed by atoms with Crippen LogP contribution in [0.25, 0.3) is 16.6 Å². The summed E-state index contributed by atoms with van der Waals surface area (Å²) in [5, 5.41) is 24.4. The van der Waals surface area contributed by atoms with E-state index >= 15 is 0 Å². The van der Waals surface area contributed by atoms with Gasteiger partial charge in [-0.25, -0.2) is 4.68 Å². The van der Waals surface area contributed by atoms with Crippen molar-refractivity contribution >= 4 is 10.9 Å². The lowest BCUT2D eigenvalue weighted by Crippen LogP contribution is -2.04. The molecule has 0 saturated heterocycles. The van der Waals surface area contributed by atoms with Crippen molar-refractivity contribution in [3.05, 3.63) is 59.8 Å². The van der Waals surface area contributed by atoms with Crippen molar-refractivity contribution in [3.63, 3.8) is 0 Å². The van der Waals surface area contributed by atoms with Gasteiger partial charge in [-0.2, -0.15) is 10.4 Å². The van der Waals surface area contributed by atoms with E-state index < -0.39 is 6.10 Å². The van der Waals surface area contributed by atoms with E-state index in [2.05, 4.69) is 11.2 Å². The third-order valence-corrected chi connectivity index (χ3v) is 3.32. The summed E-state index contributed by atoms with van der Waals surface area (Å²) in [4.78, 5) is 0. The van der Waals surface area contributed by atoms with Gasteiger partial charge in [0.2, 0.25) is 0 Å². The number of benzene rings is 2. The van der Waals surface area contributed by atoms with Gasteiger partial charge in [-0.05, 0) is 25.1 Å². The SMILES string of the molecule is C[C@@H](O)c1ccc(C#N)cc1-n1ncc2ccccc21. The van der Waals surface area contributed by atoms with Crippen molar-refractivity contribution in [1.82, 2.24) is 9.78 Å². The molecule has 0 radical (unpaired) electrons. The predicted molar refractivity (Wildman–Crippen MR) is 76.4 cm³/mol. The van der Waals surface area contributed by atoms with Gasteiger partial charge >= 0.3 is 0 Å². The summed E-state index contributed by atoms with van der Waals surface area (Å²) in [5.41, 5.74) is 2.98. The average molecular weight is 263 g/mol. The third-order valence-electron chi connectivity index (χ3n) is 3.32. The van der Waals surface area contributed by atoms with Gasteiger partial charge in [0.05, 0.1) is 35.1 Å². The summed E-state index contributed by atoms with van der Waals surface area (Å²) < 4.78 is 1.76. The predicted octanol–water partition coefficient (Wildman–Crippen LogP) is 2.95. The number of hydrogen-bond acceptors (Lipinski definition) is 3. The minimum absolute atomic E-state index is 0.545. The first-order valence-corrected chi connectivity index (χ1v) is 6.36. The first-order valence-electron chi connectivity index (χ1n) is 6.36. The van der Waals surface area contributed by atoms with Crippen LogP contribution >= 0.6 is 0 Å². The Balaban J connectivity index is 2.30. The molecule has 2 aromatic carbocycles. The van der Waals surface area contributed by atoms with Crippen molar-refractivity contribution in [3.8, 4) is 11.8 Å². The molecule has 0 fully saturated rings. The fraction of sp³-hybridized carbons (Fsp3) is 0.125. The summed E-state index contributed by atoms with van der Waals surface area (Å²) >= 11 is 0. The molecule has 0 bridgehead atoms. The summed E-state index contributed by atoms with van der Waals surface area (Å²) in [7, 11) is 0. The Morgan fingerprint density at radius 2 is 2.05 bits per heavy atom. The van der Waals surface area contributed by atoms with E-state index in [1.54, 1.807) is 36.0 Å². The molecule has 0 aliphatic carbocycles. The van der Waals surface area contributed by atoms with Crippen molar-refractivity contribution in [1.29, 1.82) is 5.26 Å². The maximum Gasteiger partial charge on any atom is 0.0992 e. The van der Waals surface area contributed by atoms with Gasteiger partial charge in [-0.3, -0.25) is 0 Å². The lowest BCUT2D eigenvalue weighted by Gasteiger charge is -2.13. The molecule has 1 aromatic heterocycles. The quantitative estimate of drug-likeness (QED) is 0.773. The highest BCUT2D eigenvalue weighted by molar-refractivity contribution is 5.80. The van der Waals surface area contributed by atoms with Crippen LogP contribution in [-0.4, -0.2) is 14.9 Å². The van der Waals surface area contributed by atoms with E-state index in [1.807, 2.05) is 24.3 Å². The lowest BCUT2D eigenvalue weighted by atomic mass is 10.1. The fourth-order valence-corrected chi connectivity index (χ4v) is 2.31. The van der Waals surface area contributed by atoms with Gasteiger partial charge in [0.15, 0.2) is 0 Å². The summed E-state index contributed by atoms with van der Waals surface area (Å²) in [6.07, 6.45) is 1.15. The maximum absolute atomic E-state index is 9.92. The second kappa shape index (κ2) is 4.80. The second-order valence-corrected chi connectivity index (χ2v) is 4.68. The van der Waals surface area contributed by atoms with Crippen LogP contribution in [0.15, 0.2) is 48.7 Å². The van der Waals surface area contributed by atoms with Gasteiger partial charge < -0.3 is 5.11 Å². The third kappa shape index (κ3) is 1.94. The fourth-order valence-electron chi connectivity index (χ4n) is 2.31. The smallest absolute Gasteiger partial charge is 0.0992 e. The van der Waals surface area contributed by atoms with Crippen LogP contribution in [0.5, 0.6) is 0 Å². The van der Waals surface area contributed by atoms with Crippen molar-refractivity contribution in [2.75, 3.05) is 0 Å². The molecule has 0 unspecified atom stereocenters. The highest BCUT2D eigenvalue weighted by Gasteiger charge is 2.13. The van der Waals surface area contributed by atoms with E-state index in [0.717, 1.165) is 22.2 Å². The van der Waals surface area contributed by atoms with Crippen LogP contribution in [0.3, 0.4) is 0 Å². The summed E-state index contributed by atoms with van der Waals surface area (Å²) in [6, 6.07) is 15.2. The Labute approximate surface area is 116 Å². The minimum atomic E-state index is -0.624. The zero-order valence-electron chi connectivity index (χ0n) is 11.0. The van der Waals surface area contributed by atoms with Crippen LogP contribution in [0.2, 0.25) is 0 Å². The molecule has 3 aromatic rings. The van der Waals surface area contributed by atoms with Gasteiger partial charge in [-0.15, -0.1) is 0 Å². The monoisotopic (exact) mass is 263 g/mol. The lowest BCUT2D eigenvalue weighted by molar-refractivity contribution is 0.199. The molecule has 0 spiro atoms. The molecule has 4 heteroatoms. The molecule has 0 saturated carbocycles. The van der Waals surface area contributed by atoms with E-state index in [-0.39, 0.29) is 0 Å². The molecule has 0 aliphatic heterocycles.